The lowest BCUT2D eigenvalue weighted by Crippen LogP contribution is -2.28. The Kier molecular flexibility index (Phi) is 7.45. The fourth-order valence-electron chi connectivity index (χ4n) is 3.04. The van der Waals surface area contributed by atoms with Gasteiger partial charge in [0.25, 0.3) is 0 Å². The Morgan fingerprint density at radius 3 is 2.27 bits per heavy atom. The molecule has 0 aliphatic carbocycles. The summed E-state index contributed by atoms with van der Waals surface area (Å²) in [7, 11) is 0. The molecular formula is C22H16Cl2F3N3O3. The lowest BCUT2D eigenvalue weighted by Gasteiger charge is -2.16. The second-order valence-electron chi connectivity index (χ2n) is 6.89. The van der Waals surface area contributed by atoms with Gasteiger partial charge in [-0.25, -0.2) is 4.79 Å². The molecule has 0 aliphatic rings. The van der Waals surface area contributed by atoms with Crippen LogP contribution in [0.4, 0.5) is 23.7 Å². The Morgan fingerprint density at radius 2 is 1.70 bits per heavy atom. The smallest absolute Gasteiger partial charge is 0.417 e. The summed E-state index contributed by atoms with van der Waals surface area (Å²) >= 11 is 12.4. The third-order valence-electron chi connectivity index (χ3n) is 4.47. The first kappa shape index (κ1) is 24.3. The number of carbonyl (C=O) groups excluding carboxylic acids is 1. The predicted octanol–water partition coefficient (Wildman–Crippen LogP) is 6.02. The first-order valence-electron chi connectivity index (χ1n) is 9.40. The summed E-state index contributed by atoms with van der Waals surface area (Å²) < 4.78 is 40.1. The van der Waals surface area contributed by atoms with E-state index in [4.69, 9.17) is 28.3 Å². The lowest BCUT2D eigenvalue weighted by molar-refractivity contribution is -0.137. The summed E-state index contributed by atoms with van der Waals surface area (Å²) in [5, 5.41) is 13.7. The number of carbonyl (C=O) groups is 2. The summed E-state index contributed by atoms with van der Waals surface area (Å²) in [4.78, 5) is 27.0. The van der Waals surface area contributed by atoms with Crippen molar-refractivity contribution in [2.75, 3.05) is 5.32 Å². The summed E-state index contributed by atoms with van der Waals surface area (Å²) in [6, 6.07) is 10.1. The van der Waals surface area contributed by atoms with Gasteiger partial charge in [0, 0.05) is 17.4 Å². The van der Waals surface area contributed by atoms with Gasteiger partial charge in [0.1, 0.15) is 0 Å². The molecule has 0 atom stereocenters. The average Bonchev–Trinajstić information content (AvgIpc) is 2.72. The predicted molar refractivity (Wildman–Crippen MR) is 118 cm³/mol. The van der Waals surface area contributed by atoms with E-state index >= 15 is 0 Å². The van der Waals surface area contributed by atoms with Crippen LogP contribution in [0.5, 0.6) is 0 Å². The first-order chi connectivity index (χ1) is 15.5. The Labute approximate surface area is 196 Å². The summed E-state index contributed by atoms with van der Waals surface area (Å²) in [6.45, 7) is 0.0533. The molecule has 11 heteroatoms. The number of urea groups is 1. The number of nitrogens with one attached hydrogen (secondary N) is 2. The minimum absolute atomic E-state index is 0.00265. The maximum Gasteiger partial charge on any atom is 0.417 e. The van der Waals surface area contributed by atoms with E-state index in [1.54, 1.807) is 12.1 Å². The highest BCUT2D eigenvalue weighted by atomic mass is 35.5. The van der Waals surface area contributed by atoms with Crippen LogP contribution in [-0.4, -0.2) is 22.1 Å². The van der Waals surface area contributed by atoms with Crippen LogP contribution < -0.4 is 10.6 Å². The number of aliphatic carboxylic acids is 1. The van der Waals surface area contributed by atoms with Gasteiger partial charge in [-0.3, -0.25) is 9.78 Å². The molecule has 3 N–H and O–H groups in total. The van der Waals surface area contributed by atoms with Crippen LogP contribution in [0, 0.1) is 0 Å². The van der Waals surface area contributed by atoms with Crippen molar-refractivity contribution in [2.24, 2.45) is 0 Å². The molecule has 3 aromatic rings. The molecule has 33 heavy (non-hydrogen) atoms. The van der Waals surface area contributed by atoms with Crippen molar-refractivity contribution in [3.63, 3.8) is 0 Å². The van der Waals surface area contributed by atoms with Crippen molar-refractivity contribution in [2.45, 2.75) is 19.1 Å². The van der Waals surface area contributed by atoms with Crippen LogP contribution >= 0.6 is 23.2 Å². The third kappa shape index (κ3) is 6.36. The molecule has 0 aliphatic heterocycles. The minimum atomic E-state index is -4.60. The number of pyridine rings is 1. The summed E-state index contributed by atoms with van der Waals surface area (Å²) in [6.07, 6.45) is -3.35. The Hall–Kier alpha value is -3.30. The van der Waals surface area contributed by atoms with Gasteiger partial charge in [0.05, 0.1) is 34.3 Å². The monoisotopic (exact) mass is 497 g/mol. The molecule has 0 saturated heterocycles. The van der Waals surface area contributed by atoms with E-state index in [-0.39, 0.29) is 39.8 Å². The van der Waals surface area contributed by atoms with Crippen LogP contribution in [-0.2, 0) is 23.9 Å². The topological polar surface area (TPSA) is 91.3 Å². The van der Waals surface area contributed by atoms with Crippen LogP contribution in [0.25, 0.3) is 11.1 Å². The molecule has 0 bridgehead atoms. The highest BCUT2D eigenvalue weighted by Crippen LogP contribution is 2.43. The first-order valence-corrected chi connectivity index (χ1v) is 10.2. The molecule has 0 spiro atoms. The second kappa shape index (κ2) is 10.1. The van der Waals surface area contributed by atoms with E-state index in [0.717, 1.165) is 6.07 Å². The maximum atomic E-state index is 13.4. The van der Waals surface area contributed by atoms with E-state index in [9.17, 15) is 22.8 Å². The number of benzene rings is 2. The minimum Gasteiger partial charge on any atom is -0.481 e. The van der Waals surface area contributed by atoms with Gasteiger partial charge in [0.15, 0.2) is 0 Å². The Balaban J connectivity index is 1.71. The molecule has 172 valence electrons. The highest BCUT2D eigenvalue weighted by Gasteiger charge is 2.34. The van der Waals surface area contributed by atoms with Crippen molar-refractivity contribution in [3.05, 3.63) is 81.6 Å². The molecule has 2 aromatic carbocycles. The molecule has 0 radical (unpaired) electrons. The third-order valence-corrected chi connectivity index (χ3v) is 5.07. The van der Waals surface area contributed by atoms with E-state index < -0.39 is 23.7 Å². The number of carboxylic acids is 1. The highest BCUT2D eigenvalue weighted by molar-refractivity contribution is 6.39. The second-order valence-corrected chi connectivity index (χ2v) is 7.71. The maximum absolute atomic E-state index is 13.4. The number of halogens is 5. The number of hydrogen-bond acceptors (Lipinski definition) is 3. The van der Waals surface area contributed by atoms with Crippen molar-refractivity contribution >= 4 is 40.9 Å². The molecule has 1 aromatic heterocycles. The van der Waals surface area contributed by atoms with Crippen molar-refractivity contribution in [3.8, 4) is 11.1 Å². The molecule has 0 unspecified atom stereocenters. The fourth-order valence-corrected chi connectivity index (χ4v) is 3.73. The zero-order chi connectivity index (χ0) is 24.2. The number of alkyl halides is 3. The van der Waals surface area contributed by atoms with Crippen molar-refractivity contribution in [1.82, 2.24) is 10.3 Å². The SMILES string of the molecule is O=C(O)Cc1ccc(CNC(=O)Nc2cc(Cl)c(-c3ccccc3C(F)(F)F)c(Cl)c2)nc1. The molecule has 1 heterocycles. The number of carboxylic acid groups (broad SMARTS) is 1. The number of anilines is 1. The van der Waals surface area contributed by atoms with Crippen molar-refractivity contribution in [1.29, 1.82) is 0 Å². The van der Waals surface area contributed by atoms with Gasteiger partial charge < -0.3 is 15.7 Å². The molecule has 2 amide bonds. The molecule has 3 rings (SSSR count). The summed E-state index contributed by atoms with van der Waals surface area (Å²) in [5.41, 5.74) is 0.146. The molecule has 6 nitrogen and oxygen atoms in total. The zero-order valence-corrected chi connectivity index (χ0v) is 18.2. The van der Waals surface area contributed by atoms with Gasteiger partial charge in [-0.05, 0) is 35.4 Å². The van der Waals surface area contributed by atoms with E-state index in [1.807, 2.05) is 0 Å². The van der Waals surface area contributed by atoms with E-state index in [0.29, 0.717) is 11.3 Å². The largest absolute Gasteiger partial charge is 0.481 e. The van der Waals surface area contributed by atoms with Crippen LogP contribution in [0.1, 0.15) is 16.8 Å². The van der Waals surface area contributed by atoms with Crippen LogP contribution in [0.2, 0.25) is 10.0 Å². The number of hydrogen-bond donors (Lipinski definition) is 3. The Morgan fingerprint density at radius 1 is 1.03 bits per heavy atom. The van der Waals surface area contributed by atoms with Crippen molar-refractivity contribution < 1.29 is 27.9 Å². The normalized spacial score (nSPS) is 11.2. The number of nitrogens with zero attached hydrogens (tertiary/aromatic N) is 1. The van der Waals surface area contributed by atoms with Crippen LogP contribution in [0.3, 0.4) is 0 Å². The average molecular weight is 498 g/mol. The van der Waals surface area contributed by atoms with Gasteiger partial charge in [-0.2, -0.15) is 13.2 Å². The van der Waals surface area contributed by atoms with Gasteiger partial charge in [0.2, 0.25) is 0 Å². The van der Waals surface area contributed by atoms with E-state index in [2.05, 4.69) is 15.6 Å². The van der Waals surface area contributed by atoms with Crippen LogP contribution in [0.15, 0.2) is 54.7 Å². The quantitative estimate of drug-likeness (QED) is 0.388. The number of rotatable bonds is 6. The van der Waals surface area contributed by atoms with Gasteiger partial charge in [-0.15, -0.1) is 0 Å². The number of aromatic nitrogens is 1. The van der Waals surface area contributed by atoms with Gasteiger partial charge in [-0.1, -0.05) is 47.5 Å². The summed E-state index contributed by atoms with van der Waals surface area (Å²) in [5.74, 6) is -0.979. The van der Waals surface area contributed by atoms with E-state index in [1.165, 1.54) is 36.5 Å². The molecular weight excluding hydrogens is 482 g/mol. The number of amides is 2. The zero-order valence-electron chi connectivity index (χ0n) is 16.7. The lowest BCUT2D eigenvalue weighted by atomic mass is 9.99. The fraction of sp³-hybridized carbons (Fsp3) is 0.136. The molecule has 0 saturated carbocycles. The molecule has 0 fully saturated rings. The Bertz CT molecular complexity index is 1160. The standard InChI is InChI=1S/C22H16Cl2F3N3O3/c23-17-8-14(9-18(24)20(17)15-3-1-2-4-16(15)22(25,26)27)30-21(33)29-11-13-6-5-12(10-28-13)7-19(31)32/h1-6,8-10H,7,11H2,(H,31,32)(H2,29,30,33). The van der Waals surface area contributed by atoms with Gasteiger partial charge >= 0.3 is 18.2 Å².